The molecule has 0 bridgehead atoms. The lowest BCUT2D eigenvalue weighted by Crippen LogP contribution is -2.52. The Morgan fingerprint density at radius 2 is 1.55 bits per heavy atom. The predicted octanol–water partition coefficient (Wildman–Crippen LogP) is 4.79. The van der Waals surface area contributed by atoms with Gasteiger partial charge < -0.3 is 19.7 Å². The highest BCUT2D eigenvalue weighted by atomic mass is 32.2. The fourth-order valence-electron chi connectivity index (χ4n) is 4.47. The average Bonchev–Trinajstić information content (AvgIpc) is 2.99. The molecule has 0 aromatic heterocycles. The first-order valence-electron chi connectivity index (χ1n) is 13.9. The highest BCUT2D eigenvalue weighted by molar-refractivity contribution is 7.92. The summed E-state index contributed by atoms with van der Waals surface area (Å²) in [6, 6.07) is 19.7. The third-order valence-corrected chi connectivity index (χ3v) is 8.58. The van der Waals surface area contributed by atoms with E-state index in [-0.39, 0.29) is 29.0 Å². The van der Waals surface area contributed by atoms with Crippen molar-refractivity contribution in [2.75, 3.05) is 31.6 Å². The fourth-order valence-corrected chi connectivity index (χ4v) is 5.90. The number of anilines is 1. The number of methoxy groups -OCH3 is 2. The Labute approximate surface area is 249 Å². The summed E-state index contributed by atoms with van der Waals surface area (Å²) in [6.07, 6.45) is 0.357. The van der Waals surface area contributed by atoms with Gasteiger partial charge in [0.15, 0.2) is 11.5 Å². The molecule has 3 aromatic rings. The summed E-state index contributed by atoms with van der Waals surface area (Å²) in [6.45, 7) is 7.81. The van der Waals surface area contributed by atoms with E-state index in [9.17, 15) is 18.0 Å². The third-order valence-electron chi connectivity index (χ3n) is 6.81. The number of rotatable bonds is 14. The number of carbonyl (C=O) groups is 2. The van der Waals surface area contributed by atoms with E-state index in [1.165, 1.54) is 37.3 Å². The second kappa shape index (κ2) is 14.7. The van der Waals surface area contributed by atoms with Crippen LogP contribution in [0.4, 0.5) is 5.69 Å². The van der Waals surface area contributed by atoms with Crippen LogP contribution in [0.25, 0.3) is 0 Å². The SMILES string of the molecule is CC[C@H](C(=O)NCC(C)C)N(Cc1ccccc1)C(=O)CN(c1ccc(C)cc1)S(=O)(=O)c1ccc(OC)c(OC)c1. The highest BCUT2D eigenvalue weighted by Crippen LogP contribution is 2.32. The van der Waals surface area contributed by atoms with Crippen LogP contribution in [0.1, 0.15) is 38.3 Å². The summed E-state index contributed by atoms with van der Waals surface area (Å²) in [5.74, 6) is 0.0671. The van der Waals surface area contributed by atoms with Crippen LogP contribution in [0.5, 0.6) is 11.5 Å². The highest BCUT2D eigenvalue weighted by Gasteiger charge is 2.34. The summed E-state index contributed by atoms with van der Waals surface area (Å²) in [7, 11) is -1.36. The van der Waals surface area contributed by atoms with Gasteiger partial charge in [0.25, 0.3) is 10.0 Å². The van der Waals surface area contributed by atoms with E-state index in [4.69, 9.17) is 9.47 Å². The van der Waals surface area contributed by atoms with Crippen LogP contribution in [0, 0.1) is 12.8 Å². The van der Waals surface area contributed by atoms with Crippen molar-refractivity contribution in [1.29, 1.82) is 0 Å². The van der Waals surface area contributed by atoms with E-state index in [1.807, 2.05) is 58.0 Å². The zero-order valence-electron chi connectivity index (χ0n) is 25.2. The number of aryl methyl sites for hydroxylation is 1. The van der Waals surface area contributed by atoms with Crippen molar-refractivity contribution in [3.05, 3.63) is 83.9 Å². The van der Waals surface area contributed by atoms with E-state index in [2.05, 4.69) is 5.32 Å². The molecule has 10 heteroatoms. The summed E-state index contributed by atoms with van der Waals surface area (Å²) in [5, 5.41) is 2.93. The topological polar surface area (TPSA) is 105 Å². The van der Waals surface area contributed by atoms with Crippen molar-refractivity contribution in [2.24, 2.45) is 5.92 Å². The molecular weight excluding hydrogens is 554 g/mol. The maximum absolute atomic E-state index is 14.1. The molecule has 0 spiro atoms. The Morgan fingerprint density at radius 3 is 2.12 bits per heavy atom. The number of hydrogen-bond acceptors (Lipinski definition) is 6. The lowest BCUT2D eigenvalue weighted by atomic mass is 10.1. The van der Waals surface area contributed by atoms with Crippen molar-refractivity contribution < 1.29 is 27.5 Å². The molecule has 3 rings (SSSR count). The lowest BCUT2D eigenvalue weighted by Gasteiger charge is -2.33. The van der Waals surface area contributed by atoms with Crippen molar-refractivity contribution in [3.63, 3.8) is 0 Å². The van der Waals surface area contributed by atoms with E-state index in [0.29, 0.717) is 24.4 Å². The molecule has 0 heterocycles. The largest absolute Gasteiger partial charge is 0.493 e. The monoisotopic (exact) mass is 595 g/mol. The number of nitrogens with one attached hydrogen (secondary N) is 1. The van der Waals surface area contributed by atoms with Gasteiger partial charge in [0.2, 0.25) is 11.8 Å². The normalized spacial score (nSPS) is 12.0. The minimum absolute atomic E-state index is 0.0650. The molecule has 2 amide bonds. The van der Waals surface area contributed by atoms with Crippen LogP contribution in [0.15, 0.2) is 77.7 Å². The molecule has 0 saturated heterocycles. The van der Waals surface area contributed by atoms with Crippen molar-refractivity contribution in [2.45, 2.75) is 51.6 Å². The summed E-state index contributed by atoms with van der Waals surface area (Å²) >= 11 is 0. The molecule has 9 nitrogen and oxygen atoms in total. The number of benzene rings is 3. The van der Waals surface area contributed by atoms with Crippen LogP contribution in [-0.2, 0) is 26.2 Å². The Kier molecular flexibility index (Phi) is 11.4. The predicted molar refractivity (Wildman–Crippen MR) is 164 cm³/mol. The smallest absolute Gasteiger partial charge is 0.264 e. The van der Waals surface area contributed by atoms with Crippen LogP contribution >= 0.6 is 0 Å². The number of hydrogen-bond donors (Lipinski definition) is 1. The van der Waals surface area contributed by atoms with Gasteiger partial charge in [0, 0.05) is 19.2 Å². The van der Waals surface area contributed by atoms with Crippen molar-refractivity contribution >= 4 is 27.5 Å². The van der Waals surface area contributed by atoms with E-state index >= 15 is 0 Å². The Bertz CT molecular complexity index is 1440. The van der Waals surface area contributed by atoms with Gasteiger partial charge >= 0.3 is 0 Å². The zero-order valence-corrected chi connectivity index (χ0v) is 26.0. The number of carbonyl (C=O) groups excluding carboxylic acids is 2. The maximum atomic E-state index is 14.1. The van der Waals surface area contributed by atoms with Gasteiger partial charge in [-0.05, 0) is 49.1 Å². The van der Waals surface area contributed by atoms with Crippen LogP contribution in [-0.4, -0.2) is 58.5 Å². The van der Waals surface area contributed by atoms with Crippen LogP contribution in [0.2, 0.25) is 0 Å². The molecule has 0 saturated carbocycles. The Balaban J connectivity index is 2.07. The first kappa shape index (κ1) is 32.5. The van der Waals surface area contributed by atoms with E-state index in [1.54, 1.807) is 24.3 Å². The quantitative estimate of drug-likeness (QED) is 0.288. The summed E-state index contributed by atoms with van der Waals surface area (Å²) < 4.78 is 40.0. The van der Waals surface area contributed by atoms with Gasteiger partial charge in [-0.25, -0.2) is 8.42 Å². The molecule has 1 atom stereocenters. The lowest BCUT2D eigenvalue weighted by molar-refractivity contribution is -0.140. The molecule has 0 fully saturated rings. The number of ether oxygens (including phenoxy) is 2. The second-order valence-electron chi connectivity index (χ2n) is 10.4. The van der Waals surface area contributed by atoms with Gasteiger partial charge in [-0.3, -0.25) is 13.9 Å². The standard InChI is InChI=1S/C32H41N3O6S/c1-7-28(32(37)33-20-23(2)3)34(21-25-11-9-8-10-12-25)31(36)22-35(26-15-13-24(4)14-16-26)42(38,39)27-17-18-29(40-5)30(19-27)41-6/h8-19,23,28H,7,20-22H2,1-6H3,(H,33,37)/t28-/m1/s1. The summed E-state index contributed by atoms with van der Waals surface area (Å²) in [4.78, 5) is 28.8. The maximum Gasteiger partial charge on any atom is 0.264 e. The molecule has 3 aromatic carbocycles. The van der Waals surface area contributed by atoms with Gasteiger partial charge in [-0.15, -0.1) is 0 Å². The molecule has 42 heavy (non-hydrogen) atoms. The first-order valence-corrected chi connectivity index (χ1v) is 15.4. The molecule has 0 aliphatic heterocycles. The number of sulfonamides is 1. The Hall–Kier alpha value is -4.05. The third kappa shape index (κ3) is 8.03. The van der Waals surface area contributed by atoms with Crippen LogP contribution in [0.3, 0.4) is 0 Å². The van der Waals surface area contributed by atoms with E-state index < -0.39 is 28.5 Å². The number of amides is 2. The van der Waals surface area contributed by atoms with Crippen molar-refractivity contribution in [3.8, 4) is 11.5 Å². The second-order valence-corrected chi connectivity index (χ2v) is 12.3. The van der Waals surface area contributed by atoms with Gasteiger partial charge in [0.1, 0.15) is 12.6 Å². The molecule has 0 radical (unpaired) electrons. The molecular formula is C32H41N3O6S. The van der Waals surface area contributed by atoms with Crippen molar-refractivity contribution in [1.82, 2.24) is 10.2 Å². The minimum Gasteiger partial charge on any atom is -0.493 e. The first-order chi connectivity index (χ1) is 20.0. The minimum atomic E-state index is -4.25. The average molecular weight is 596 g/mol. The van der Waals surface area contributed by atoms with E-state index in [0.717, 1.165) is 15.4 Å². The molecule has 226 valence electrons. The molecule has 1 N–H and O–H groups in total. The number of nitrogens with zero attached hydrogens (tertiary/aromatic N) is 2. The molecule has 0 aliphatic rings. The fraction of sp³-hybridized carbons (Fsp3) is 0.375. The van der Waals surface area contributed by atoms with Gasteiger partial charge in [-0.1, -0.05) is 68.8 Å². The van der Waals surface area contributed by atoms with Gasteiger partial charge in [0.05, 0.1) is 24.8 Å². The van der Waals surface area contributed by atoms with Crippen LogP contribution < -0.4 is 19.1 Å². The summed E-state index contributed by atoms with van der Waals surface area (Å²) in [5.41, 5.74) is 2.08. The molecule has 0 unspecified atom stereocenters. The zero-order chi connectivity index (χ0) is 30.9. The Morgan fingerprint density at radius 1 is 0.905 bits per heavy atom. The molecule has 0 aliphatic carbocycles. The van der Waals surface area contributed by atoms with Gasteiger partial charge in [-0.2, -0.15) is 0 Å².